The lowest BCUT2D eigenvalue weighted by atomic mass is 10.1. The molecule has 0 amide bonds. The molecule has 0 aromatic carbocycles. The summed E-state index contributed by atoms with van der Waals surface area (Å²) in [5.74, 6) is 0. The van der Waals surface area contributed by atoms with Crippen molar-refractivity contribution in [1.29, 1.82) is 0 Å². The van der Waals surface area contributed by atoms with Crippen LogP contribution in [0.1, 0.15) is 13.8 Å². The van der Waals surface area contributed by atoms with Crippen molar-refractivity contribution < 1.29 is 27.2 Å². The van der Waals surface area contributed by atoms with Gasteiger partial charge in [-0.2, -0.15) is 0 Å². The average molecular weight is 311 g/mol. The largest absolute Gasteiger partial charge is 0.425 e. The van der Waals surface area contributed by atoms with E-state index in [1.165, 1.54) is 0 Å². The van der Waals surface area contributed by atoms with Crippen LogP contribution in [0.5, 0.6) is 0 Å². The predicted octanol–water partition coefficient (Wildman–Crippen LogP) is 3.29. The molecule has 2 aliphatic heterocycles. The Balaban J connectivity index is 2.26. The molecule has 2 saturated heterocycles. The van der Waals surface area contributed by atoms with Gasteiger partial charge in [-0.1, -0.05) is 0 Å². The van der Waals surface area contributed by atoms with Gasteiger partial charge in [-0.15, -0.1) is 0 Å². The molecular weight excluding hydrogens is 301 g/mol. The van der Waals surface area contributed by atoms with Crippen LogP contribution in [0.2, 0.25) is 0 Å². The third kappa shape index (κ3) is 2.65. The van der Waals surface area contributed by atoms with Gasteiger partial charge in [0.2, 0.25) is 0 Å². The first-order valence-electron chi connectivity index (χ1n) is 4.53. The molecule has 0 aromatic rings. The summed E-state index contributed by atoms with van der Waals surface area (Å²) in [6, 6.07) is 0. The van der Waals surface area contributed by atoms with Crippen LogP contribution in [0.3, 0.4) is 0 Å². The van der Waals surface area contributed by atoms with E-state index in [1.807, 2.05) is 0 Å². The summed E-state index contributed by atoms with van der Waals surface area (Å²) in [5, 5.41) is 0. The van der Waals surface area contributed by atoms with E-state index >= 15 is 0 Å². The van der Waals surface area contributed by atoms with Crippen LogP contribution in [0.15, 0.2) is 0 Å². The van der Waals surface area contributed by atoms with Crippen LogP contribution in [0.4, 0.5) is 0 Å². The topological polar surface area (TPSA) is 71.1 Å². The first-order chi connectivity index (χ1) is 7.20. The van der Waals surface area contributed by atoms with E-state index in [4.69, 9.17) is 40.6 Å². The van der Waals surface area contributed by atoms with Crippen molar-refractivity contribution in [3.8, 4) is 0 Å². The summed E-state index contributed by atoms with van der Waals surface area (Å²) in [5.41, 5.74) is 0. The van der Waals surface area contributed by atoms with Gasteiger partial charge in [0, 0.05) is 22.5 Å². The summed E-state index contributed by atoms with van der Waals surface area (Å²) >= 11 is 11.0. The fraction of sp³-hybridized carbons (Fsp3) is 1.00. The highest BCUT2D eigenvalue weighted by Gasteiger charge is 2.53. The van der Waals surface area contributed by atoms with Crippen molar-refractivity contribution >= 4 is 36.4 Å². The highest BCUT2D eigenvalue weighted by Crippen LogP contribution is 2.66. The Bertz CT molecular complexity index is 353. The molecule has 2 aliphatic rings. The number of fused-ring (bicyclic) bond motifs is 1. The lowest BCUT2D eigenvalue weighted by molar-refractivity contribution is -0.123. The molecule has 0 spiro atoms. The summed E-state index contributed by atoms with van der Waals surface area (Å²) in [6.07, 6.45) is -2.71. The predicted molar refractivity (Wildman–Crippen MR) is 57.8 cm³/mol. The molecule has 0 aromatic heterocycles. The molecule has 0 aliphatic carbocycles. The molecule has 0 radical (unpaired) electrons. The molecule has 6 nitrogen and oxygen atoms in total. The van der Waals surface area contributed by atoms with Crippen molar-refractivity contribution in [1.82, 2.24) is 0 Å². The van der Waals surface area contributed by atoms with Crippen LogP contribution >= 0.6 is 36.4 Å². The van der Waals surface area contributed by atoms with E-state index < -0.39 is 38.3 Å². The van der Waals surface area contributed by atoms with E-state index in [0.717, 1.165) is 0 Å². The zero-order valence-corrected chi connectivity index (χ0v) is 11.7. The van der Waals surface area contributed by atoms with Gasteiger partial charge in [0.05, 0.1) is 12.2 Å². The SMILES string of the molecule is CC1OP(=O)(Cl)OC2C(C)OP(=O)(Cl)OC12. The minimum Gasteiger partial charge on any atom is -0.291 e. The van der Waals surface area contributed by atoms with Crippen molar-refractivity contribution in [2.75, 3.05) is 0 Å². The average Bonchev–Trinajstić information content (AvgIpc) is 2.05. The third-order valence-electron chi connectivity index (χ3n) is 2.33. The summed E-state index contributed by atoms with van der Waals surface area (Å²) in [4.78, 5) is 0. The van der Waals surface area contributed by atoms with Crippen LogP contribution < -0.4 is 0 Å². The Kier molecular flexibility index (Phi) is 3.51. The van der Waals surface area contributed by atoms with Crippen molar-refractivity contribution in [2.45, 2.75) is 38.3 Å². The van der Waals surface area contributed by atoms with Gasteiger partial charge in [-0.25, -0.2) is 9.13 Å². The van der Waals surface area contributed by atoms with E-state index in [-0.39, 0.29) is 0 Å². The second-order valence-corrected chi connectivity index (χ2v) is 8.67. The molecule has 94 valence electrons. The Labute approximate surface area is 102 Å². The Morgan fingerprint density at radius 2 is 1.12 bits per heavy atom. The van der Waals surface area contributed by atoms with Crippen molar-refractivity contribution in [2.24, 2.45) is 0 Å². The number of rotatable bonds is 0. The molecule has 2 rings (SSSR count). The smallest absolute Gasteiger partial charge is 0.291 e. The van der Waals surface area contributed by atoms with Gasteiger partial charge in [0.25, 0.3) is 0 Å². The van der Waals surface area contributed by atoms with Gasteiger partial charge >= 0.3 is 13.9 Å². The van der Waals surface area contributed by atoms with E-state index in [1.54, 1.807) is 13.8 Å². The molecule has 0 N–H and O–H groups in total. The zero-order valence-electron chi connectivity index (χ0n) is 8.41. The van der Waals surface area contributed by atoms with Gasteiger partial charge in [-0.3, -0.25) is 18.1 Å². The molecule has 6 atom stereocenters. The fourth-order valence-electron chi connectivity index (χ4n) is 1.68. The monoisotopic (exact) mass is 310 g/mol. The maximum Gasteiger partial charge on any atom is 0.425 e. The minimum atomic E-state index is -3.63. The van der Waals surface area contributed by atoms with Crippen LogP contribution in [0, 0.1) is 0 Å². The number of hydrogen-bond donors (Lipinski definition) is 0. The van der Waals surface area contributed by atoms with Gasteiger partial charge in [0.1, 0.15) is 12.2 Å². The van der Waals surface area contributed by atoms with E-state index in [2.05, 4.69) is 0 Å². The van der Waals surface area contributed by atoms with Crippen LogP contribution in [0.25, 0.3) is 0 Å². The molecule has 10 heteroatoms. The lowest BCUT2D eigenvalue weighted by Crippen LogP contribution is -2.51. The lowest BCUT2D eigenvalue weighted by Gasteiger charge is -2.43. The second-order valence-electron chi connectivity index (χ2n) is 3.62. The third-order valence-corrected chi connectivity index (χ3v) is 5.44. The van der Waals surface area contributed by atoms with Crippen LogP contribution in [-0.2, 0) is 27.2 Å². The second kappa shape index (κ2) is 4.22. The summed E-state index contributed by atoms with van der Waals surface area (Å²) in [7, 11) is 0. The Morgan fingerprint density at radius 1 is 0.812 bits per heavy atom. The molecular formula is C6H10Cl2O6P2. The highest BCUT2D eigenvalue weighted by molar-refractivity contribution is 7.82. The number of hydrogen-bond acceptors (Lipinski definition) is 6. The van der Waals surface area contributed by atoms with Gasteiger partial charge in [-0.05, 0) is 13.8 Å². The van der Waals surface area contributed by atoms with Crippen molar-refractivity contribution in [3.63, 3.8) is 0 Å². The standard InChI is InChI=1S/C6H10Cl2O6P2/c1-3-5-6(14-15(7,9)11-3)4(2)12-16(8,10)13-5/h3-6H,1-2H3. The van der Waals surface area contributed by atoms with E-state index in [9.17, 15) is 9.13 Å². The summed E-state index contributed by atoms with van der Waals surface area (Å²) in [6.45, 7) is -4.09. The van der Waals surface area contributed by atoms with Crippen molar-refractivity contribution in [3.05, 3.63) is 0 Å². The molecule has 6 unspecified atom stereocenters. The van der Waals surface area contributed by atoms with Crippen LogP contribution in [-0.4, -0.2) is 24.4 Å². The molecule has 16 heavy (non-hydrogen) atoms. The maximum absolute atomic E-state index is 11.5. The highest BCUT2D eigenvalue weighted by atomic mass is 35.7. The first kappa shape index (κ1) is 13.3. The number of halogens is 2. The zero-order chi connectivity index (χ0) is 12.1. The Morgan fingerprint density at radius 3 is 1.44 bits per heavy atom. The van der Waals surface area contributed by atoms with Gasteiger partial charge < -0.3 is 0 Å². The fourth-order valence-corrected chi connectivity index (χ4v) is 5.29. The maximum atomic E-state index is 11.5. The molecule has 2 heterocycles. The quantitative estimate of drug-likeness (QED) is 0.639. The first-order valence-corrected chi connectivity index (χ1v) is 9.43. The summed E-state index contributed by atoms with van der Waals surface area (Å²) < 4.78 is 42.9. The Hall–Kier alpha value is 0.880. The van der Waals surface area contributed by atoms with E-state index in [0.29, 0.717) is 0 Å². The minimum absolute atomic E-state index is 0.638. The van der Waals surface area contributed by atoms with Gasteiger partial charge in [0.15, 0.2) is 0 Å². The molecule has 0 bridgehead atoms. The normalized spacial score (nSPS) is 58.0. The molecule has 2 fully saturated rings. The molecule has 0 saturated carbocycles.